The first-order chi connectivity index (χ1) is 16.4. The van der Waals surface area contributed by atoms with Crippen molar-refractivity contribution in [2.75, 3.05) is 7.11 Å². The van der Waals surface area contributed by atoms with Crippen LogP contribution in [0.2, 0.25) is 0 Å². The Morgan fingerprint density at radius 2 is 1.79 bits per heavy atom. The van der Waals surface area contributed by atoms with E-state index in [9.17, 15) is 25.5 Å². The molecule has 0 bridgehead atoms. The molecule has 1 N–H and O–H groups in total. The van der Waals surface area contributed by atoms with Gasteiger partial charge in [-0.05, 0) is 42.0 Å². The lowest BCUT2D eigenvalue weighted by atomic mass is 10.1. The number of non-ortho nitro benzene ring substituents is 1. The van der Waals surface area contributed by atoms with E-state index < -0.39 is 21.2 Å². The number of ether oxygens (including phenoxy) is 2. The first-order valence-electron chi connectivity index (χ1n) is 9.75. The van der Waals surface area contributed by atoms with Crippen LogP contribution in [0.3, 0.4) is 0 Å². The number of H-pyrrole nitrogens is 1. The third-order valence-electron chi connectivity index (χ3n) is 4.83. The predicted octanol–water partition coefficient (Wildman–Crippen LogP) is 5.24. The van der Waals surface area contributed by atoms with Gasteiger partial charge < -0.3 is 14.5 Å². The highest BCUT2D eigenvalue weighted by molar-refractivity contribution is 5.90. The molecule has 0 aliphatic carbocycles. The Morgan fingerprint density at radius 1 is 1.03 bits per heavy atom. The van der Waals surface area contributed by atoms with E-state index in [4.69, 9.17) is 9.47 Å². The molecular weight excluding hydrogens is 442 g/mol. The summed E-state index contributed by atoms with van der Waals surface area (Å²) in [5.74, 6) is 0.615. The molecule has 0 atom stereocenters. The van der Waals surface area contributed by atoms with Crippen molar-refractivity contribution >= 4 is 34.1 Å². The number of benzene rings is 3. The van der Waals surface area contributed by atoms with Gasteiger partial charge in [0.05, 0.1) is 39.6 Å². The van der Waals surface area contributed by atoms with Crippen molar-refractivity contribution in [2.24, 2.45) is 0 Å². The monoisotopic (exact) mass is 457 g/mol. The van der Waals surface area contributed by atoms with Crippen molar-refractivity contribution in [3.05, 3.63) is 92.3 Å². The number of fused-ring (bicyclic) bond motifs is 1. The fourth-order valence-electron chi connectivity index (χ4n) is 3.23. The number of nitro benzene ring substituents is 2. The number of nitro groups is 2. The zero-order valence-electron chi connectivity index (χ0n) is 17.6. The van der Waals surface area contributed by atoms with Crippen LogP contribution in [0, 0.1) is 31.6 Å². The van der Waals surface area contributed by atoms with Crippen molar-refractivity contribution in [2.45, 2.75) is 0 Å². The summed E-state index contributed by atoms with van der Waals surface area (Å²) >= 11 is 0. The topological polar surface area (TPSA) is 157 Å². The molecule has 0 radical (unpaired) electrons. The fourth-order valence-corrected chi connectivity index (χ4v) is 3.23. The molecule has 0 aliphatic heterocycles. The summed E-state index contributed by atoms with van der Waals surface area (Å²) in [6, 6.07) is 17.3. The summed E-state index contributed by atoms with van der Waals surface area (Å²) in [4.78, 5) is 28.3. The standard InChI is InChI=1S/C23H15N5O6/c1-33-22-11-14(10-15(13-24)23-25-17-4-2-3-5-18(17)26-23)6-8-21(22)34-20-9-7-16(27(29)30)12-19(20)28(31)32/h2-12H,1H3,(H,25,26)/b15-10+. The predicted molar refractivity (Wildman–Crippen MR) is 122 cm³/mol. The number of allylic oxidation sites excluding steroid dienone is 1. The van der Waals surface area contributed by atoms with Gasteiger partial charge >= 0.3 is 5.69 Å². The second-order valence-corrected chi connectivity index (χ2v) is 6.95. The zero-order valence-corrected chi connectivity index (χ0v) is 17.6. The minimum absolute atomic E-state index is 0.152. The van der Waals surface area contributed by atoms with E-state index in [1.165, 1.54) is 13.2 Å². The smallest absolute Gasteiger partial charge is 0.318 e. The van der Waals surface area contributed by atoms with E-state index in [0.29, 0.717) is 11.4 Å². The molecule has 0 fully saturated rings. The summed E-state index contributed by atoms with van der Waals surface area (Å²) in [7, 11) is 1.39. The number of aromatic amines is 1. The van der Waals surface area contributed by atoms with E-state index in [2.05, 4.69) is 16.0 Å². The lowest BCUT2D eigenvalue weighted by Gasteiger charge is -2.11. The van der Waals surface area contributed by atoms with Crippen LogP contribution >= 0.6 is 0 Å². The molecule has 4 aromatic rings. The lowest BCUT2D eigenvalue weighted by Crippen LogP contribution is -1.97. The Bertz CT molecular complexity index is 1470. The van der Waals surface area contributed by atoms with Crippen molar-refractivity contribution < 1.29 is 19.3 Å². The molecule has 0 aliphatic rings. The van der Waals surface area contributed by atoms with Gasteiger partial charge in [0.2, 0.25) is 5.75 Å². The second-order valence-electron chi connectivity index (χ2n) is 6.95. The summed E-state index contributed by atoms with van der Waals surface area (Å²) < 4.78 is 11.0. The van der Waals surface area contributed by atoms with E-state index in [0.717, 1.165) is 29.2 Å². The number of imidazole rings is 1. The second kappa shape index (κ2) is 9.09. The molecule has 1 heterocycles. The Balaban J connectivity index is 1.67. The first-order valence-corrected chi connectivity index (χ1v) is 9.75. The number of nitrogens with one attached hydrogen (secondary N) is 1. The van der Waals surface area contributed by atoms with Gasteiger partial charge in [0, 0.05) is 6.07 Å². The lowest BCUT2D eigenvalue weighted by molar-refractivity contribution is -0.394. The molecule has 0 unspecified atom stereocenters. The van der Waals surface area contributed by atoms with Crippen LogP contribution in [0.15, 0.2) is 60.7 Å². The number of methoxy groups -OCH3 is 1. The Morgan fingerprint density at radius 3 is 2.47 bits per heavy atom. The number of hydrogen-bond acceptors (Lipinski definition) is 8. The number of rotatable bonds is 7. The molecule has 34 heavy (non-hydrogen) atoms. The number of para-hydroxylation sites is 2. The van der Waals surface area contributed by atoms with Gasteiger partial charge in [0.25, 0.3) is 5.69 Å². The highest BCUT2D eigenvalue weighted by Crippen LogP contribution is 2.38. The fraction of sp³-hybridized carbons (Fsp3) is 0.0435. The molecule has 4 rings (SSSR count). The van der Waals surface area contributed by atoms with Crippen LogP contribution in [0.5, 0.6) is 17.2 Å². The van der Waals surface area contributed by atoms with Gasteiger partial charge in [0.1, 0.15) is 11.9 Å². The van der Waals surface area contributed by atoms with E-state index >= 15 is 0 Å². The molecule has 0 amide bonds. The molecule has 168 valence electrons. The molecule has 1 aromatic heterocycles. The molecule has 0 saturated carbocycles. The normalized spacial score (nSPS) is 11.1. The molecular formula is C23H15N5O6. The van der Waals surface area contributed by atoms with E-state index in [1.54, 1.807) is 18.2 Å². The highest BCUT2D eigenvalue weighted by atomic mass is 16.6. The average molecular weight is 457 g/mol. The Labute approximate surface area is 191 Å². The van der Waals surface area contributed by atoms with Crippen molar-refractivity contribution in [3.8, 4) is 23.3 Å². The number of nitriles is 1. The van der Waals surface area contributed by atoms with Crippen molar-refractivity contribution in [3.63, 3.8) is 0 Å². The molecule has 11 nitrogen and oxygen atoms in total. The average Bonchev–Trinajstić information content (AvgIpc) is 3.27. The van der Waals surface area contributed by atoms with Crippen molar-refractivity contribution in [1.29, 1.82) is 5.26 Å². The quantitative estimate of drug-likeness (QED) is 0.224. The SMILES string of the molecule is COc1cc(/C=C(\C#N)c2nc3ccccc3[nH]2)ccc1Oc1ccc([N+](=O)[O-])cc1[N+](=O)[O-]. The van der Waals surface area contributed by atoms with E-state index in [1.807, 2.05) is 24.3 Å². The maximum absolute atomic E-state index is 11.4. The van der Waals surface area contributed by atoms with Crippen LogP contribution < -0.4 is 9.47 Å². The van der Waals surface area contributed by atoms with Gasteiger partial charge in [0.15, 0.2) is 11.5 Å². The highest BCUT2D eigenvalue weighted by Gasteiger charge is 2.22. The zero-order chi connectivity index (χ0) is 24.2. The third-order valence-corrected chi connectivity index (χ3v) is 4.83. The summed E-state index contributed by atoms with van der Waals surface area (Å²) in [6.45, 7) is 0. The minimum atomic E-state index is -0.765. The van der Waals surface area contributed by atoms with E-state index in [-0.39, 0.29) is 22.8 Å². The third kappa shape index (κ3) is 4.37. The first kappa shape index (κ1) is 22.0. The molecule has 0 spiro atoms. The summed E-state index contributed by atoms with van der Waals surface area (Å²) in [5.41, 5.74) is 1.42. The molecule has 3 aromatic carbocycles. The van der Waals surface area contributed by atoms with Gasteiger partial charge in [-0.1, -0.05) is 18.2 Å². The Hall–Kier alpha value is -5.24. The Kier molecular flexibility index (Phi) is 5.88. The largest absolute Gasteiger partial charge is 0.493 e. The molecule has 11 heteroatoms. The van der Waals surface area contributed by atoms with Gasteiger partial charge in [-0.3, -0.25) is 20.2 Å². The number of nitrogens with zero attached hydrogens (tertiary/aromatic N) is 4. The van der Waals surface area contributed by atoms with Crippen LogP contribution in [-0.4, -0.2) is 26.9 Å². The van der Waals surface area contributed by atoms with Crippen LogP contribution in [0.1, 0.15) is 11.4 Å². The van der Waals surface area contributed by atoms with Crippen molar-refractivity contribution in [1.82, 2.24) is 9.97 Å². The van der Waals surface area contributed by atoms with Gasteiger partial charge in [-0.25, -0.2) is 4.98 Å². The van der Waals surface area contributed by atoms with Crippen LogP contribution in [-0.2, 0) is 0 Å². The maximum Gasteiger partial charge on any atom is 0.318 e. The van der Waals surface area contributed by atoms with Crippen LogP contribution in [0.4, 0.5) is 11.4 Å². The minimum Gasteiger partial charge on any atom is -0.493 e. The maximum atomic E-state index is 11.4. The summed E-state index contributed by atoms with van der Waals surface area (Å²) in [6.07, 6.45) is 1.61. The van der Waals surface area contributed by atoms with Crippen LogP contribution in [0.25, 0.3) is 22.7 Å². The summed E-state index contributed by atoms with van der Waals surface area (Å²) in [5, 5.41) is 31.9. The number of hydrogen-bond donors (Lipinski definition) is 1. The van der Waals surface area contributed by atoms with Gasteiger partial charge in [-0.15, -0.1) is 0 Å². The van der Waals surface area contributed by atoms with Gasteiger partial charge in [-0.2, -0.15) is 5.26 Å². The molecule has 0 saturated heterocycles. The number of aromatic nitrogens is 2.